The minimum absolute atomic E-state index is 0.00495. The van der Waals surface area contributed by atoms with Gasteiger partial charge in [0.2, 0.25) is 10.0 Å². The van der Waals surface area contributed by atoms with Crippen LogP contribution >= 0.6 is 11.3 Å². The number of aromatic nitrogens is 2. The maximum absolute atomic E-state index is 12.7. The van der Waals surface area contributed by atoms with Crippen LogP contribution < -0.4 is 0 Å². The summed E-state index contributed by atoms with van der Waals surface area (Å²) in [5.41, 5.74) is 1.26. The van der Waals surface area contributed by atoms with Crippen molar-refractivity contribution in [2.45, 2.75) is 18.4 Å². The maximum Gasteiger partial charge on any atom is 0.349 e. The Bertz CT molecular complexity index is 735. The predicted octanol–water partition coefficient (Wildman–Crippen LogP) is 1.39. The molecule has 1 N–H and O–H groups in total. The summed E-state index contributed by atoms with van der Waals surface area (Å²) >= 11 is 1.06. The Hall–Kier alpha value is -1.71. The molecule has 2 rings (SSSR count). The Morgan fingerprint density at radius 1 is 1.52 bits per heavy atom. The predicted molar refractivity (Wildman–Crippen MR) is 77.6 cm³/mol. The van der Waals surface area contributed by atoms with Crippen LogP contribution in [0.2, 0.25) is 0 Å². The van der Waals surface area contributed by atoms with E-state index < -0.39 is 16.0 Å². The molecule has 0 fully saturated rings. The molecule has 114 valence electrons. The van der Waals surface area contributed by atoms with Crippen molar-refractivity contribution in [3.05, 3.63) is 33.8 Å². The van der Waals surface area contributed by atoms with Gasteiger partial charge in [0.25, 0.3) is 0 Å². The van der Waals surface area contributed by atoms with Gasteiger partial charge in [-0.2, -0.15) is 9.40 Å². The number of nitrogens with one attached hydrogen (secondary N) is 1. The monoisotopic (exact) mass is 329 g/mol. The van der Waals surface area contributed by atoms with Crippen LogP contribution in [0, 0.1) is 6.92 Å². The minimum atomic E-state index is -3.79. The van der Waals surface area contributed by atoms with Crippen molar-refractivity contribution in [2.24, 2.45) is 0 Å². The zero-order valence-corrected chi connectivity index (χ0v) is 13.4. The number of hydrogen-bond donors (Lipinski definition) is 1. The SMILES string of the molecule is COC(=O)c1scc(C)c1S(=O)(=O)N(C)Cc1cn[nH]c1. The molecule has 0 saturated carbocycles. The first-order valence-corrected chi connectivity index (χ1v) is 8.30. The average Bonchev–Trinajstić information content (AvgIpc) is 3.07. The average molecular weight is 329 g/mol. The molecule has 21 heavy (non-hydrogen) atoms. The van der Waals surface area contributed by atoms with E-state index in [1.54, 1.807) is 24.7 Å². The fraction of sp³-hybridized carbons (Fsp3) is 0.333. The molecule has 2 heterocycles. The molecule has 0 saturated heterocycles. The van der Waals surface area contributed by atoms with E-state index in [2.05, 4.69) is 14.9 Å². The van der Waals surface area contributed by atoms with Gasteiger partial charge >= 0.3 is 5.97 Å². The van der Waals surface area contributed by atoms with Crippen molar-refractivity contribution < 1.29 is 17.9 Å². The van der Waals surface area contributed by atoms with Crippen molar-refractivity contribution in [1.82, 2.24) is 14.5 Å². The molecule has 9 heteroatoms. The normalized spacial score (nSPS) is 11.8. The molecule has 0 spiro atoms. The summed E-state index contributed by atoms with van der Waals surface area (Å²) in [7, 11) is -1.10. The summed E-state index contributed by atoms with van der Waals surface area (Å²) in [6.07, 6.45) is 3.17. The molecule has 0 aliphatic rings. The van der Waals surface area contributed by atoms with Gasteiger partial charge in [-0.25, -0.2) is 13.2 Å². The van der Waals surface area contributed by atoms with Crippen molar-refractivity contribution in [2.75, 3.05) is 14.2 Å². The number of carbonyl (C=O) groups is 1. The van der Waals surface area contributed by atoms with E-state index in [1.165, 1.54) is 18.5 Å². The van der Waals surface area contributed by atoms with Gasteiger partial charge in [-0.05, 0) is 17.9 Å². The Kier molecular flexibility index (Phi) is 4.45. The Balaban J connectivity index is 2.39. The van der Waals surface area contributed by atoms with Crippen molar-refractivity contribution in [3.63, 3.8) is 0 Å². The highest BCUT2D eigenvalue weighted by atomic mass is 32.2. The second kappa shape index (κ2) is 5.96. The zero-order valence-electron chi connectivity index (χ0n) is 11.8. The van der Waals surface area contributed by atoms with E-state index in [-0.39, 0.29) is 16.3 Å². The Labute approximate surface area is 126 Å². The van der Waals surface area contributed by atoms with Gasteiger partial charge in [-0.1, -0.05) is 0 Å². The topological polar surface area (TPSA) is 92.4 Å². The summed E-state index contributed by atoms with van der Waals surface area (Å²) in [6, 6.07) is 0. The number of esters is 1. The molecular weight excluding hydrogens is 314 g/mol. The van der Waals surface area contributed by atoms with Crippen LogP contribution in [0.1, 0.15) is 20.8 Å². The smallest absolute Gasteiger partial charge is 0.349 e. The molecule has 0 aliphatic heterocycles. The first-order chi connectivity index (χ1) is 9.87. The quantitative estimate of drug-likeness (QED) is 0.837. The lowest BCUT2D eigenvalue weighted by atomic mass is 10.3. The van der Waals surface area contributed by atoms with Crippen molar-refractivity contribution in [3.8, 4) is 0 Å². The van der Waals surface area contributed by atoms with Gasteiger partial charge in [0.05, 0.1) is 13.3 Å². The summed E-state index contributed by atoms with van der Waals surface area (Å²) in [6.45, 7) is 1.82. The van der Waals surface area contributed by atoms with Crippen LogP contribution in [0.3, 0.4) is 0 Å². The Morgan fingerprint density at radius 3 is 2.81 bits per heavy atom. The maximum atomic E-state index is 12.7. The van der Waals surface area contributed by atoms with Crippen LogP contribution in [0.5, 0.6) is 0 Å². The second-order valence-electron chi connectivity index (χ2n) is 4.44. The fourth-order valence-corrected chi connectivity index (χ4v) is 4.66. The molecule has 2 aromatic heterocycles. The van der Waals surface area contributed by atoms with Gasteiger partial charge < -0.3 is 4.74 Å². The molecule has 0 bridgehead atoms. The van der Waals surface area contributed by atoms with Crippen molar-refractivity contribution >= 4 is 27.3 Å². The number of aromatic amines is 1. The number of aryl methyl sites for hydroxylation is 1. The lowest BCUT2D eigenvalue weighted by Gasteiger charge is -2.17. The van der Waals surface area contributed by atoms with Crippen LogP contribution in [-0.4, -0.2) is 43.0 Å². The van der Waals surface area contributed by atoms with E-state index >= 15 is 0 Å². The molecule has 0 radical (unpaired) electrons. The number of nitrogens with zero attached hydrogens (tertiary/aromatic N) is 2. The molecule has 0 aliphatic carbocycles. The third-order valence-corrected chi connectivity index (χ3v) is 6.12. The Morgan fingerprint density at radius 2 is 2.24 bits per heavy atom. The van der Waals surface area contributed by atoms with E-state index in [0.717, 1.165) is 16.9 Å². The molecule has 0 atom stereocenters. The number of thiophene rings is 1. The highest BCUT2D eigenvalue weighted by Crippen LogP contribution is 2.30. The van der Waals surface area contributed by atoms with Crippen LogP contribution in [0.4, 0.5) is 0 Å². The second-order valence-corrected chi connectivity index (χ2v) is 7.30. The fourth-order valence-electron chi connectivity index (χ4n) is 1.85. The third kappa shape index (κ3) is 2.99. The number of H-pyrrole nitrogens is 1. The number of carbonyl (C=O) groups excluding carboxylic acids is 1. The standard InChI is InChI=1S/C12H15N3O4S2/c1-8-7-20-10(12(16)19-3)11(8)21(17,18)15(2)6-9-4-13-14-5-9/h4-5,7H,6H2,1-3H3,(H,13,14). The van der Waals surface area contributed by atoms with Crippen molar-refractivity contribution in [1.29, 1.82) is 0 Å². The largest absolute Gasteiger partial charge is 0.465 e. The van der Waals surface area contributed by atoms with E-state index in [4.69, 9.17) is 0 Å². The summed E-state index contributed by atoms with van der Waals surface area (Å²) in [4.78, 5) is 11.8. The molecule has 2 aromatic rings. The van der Waals surface area contributed by atoms with E-state index in [0.29, 0.717) is 5.56 Å². The number of hydrogen-bond acceptors (Lipinski definition) is 6. The molecule has 0 amide bonds. The summed E-state index contributed by atoms with van der Waals surface area (Å²) < 4.78 is 31.2. The first-order valence-electron chi connectivity index (χ1n) is 5.98. The first kappa shape index (κ1) is 15.7. The van der Waals surface area contributed by atoms with Gasteiger partial charge in [0.15, 0.2) is 0 Å². The van der Waals surface area contributed by atoms with Gasteiger partial charge in [0.1, 0.15) is 9.77 Å². The molecule has 0 unspecified atom stereocenters. The van der Waals surface area contributed by atoms with Gasteiger partial charge in [-0.15, -0.1) is 11.3 Å². The number of ether oxygens (including phenoxy) is 1. The third-order valence-electron chi connectivity index (χ3n) is 2.92. The van der Waals surface area contributed by atoms with Crippen LogP contribution in [-0.2, 0) is 21.3 Å². The van der Waals surface area contributed by atoms with Crippen LogP contribution in [0.25, 0.3) is 0 Å². The molecule has 0 aromatic carbocycles. The summed E-state index contributed by atoms with van der Waals surface area (Å²) in [5.74, 6) is -0.650. The van der Waals surface area contributed by atoms with E-state index in [1.807, 2.05) is 0 Å². The lowest BCUT2D eigenvalue weighted by Crippen LogP contribution is -2.27. The lowest BCUT2D eigenvalue weighted by molar-refractivity contribution is 0.0602. The number of sulfonamides is 1. The highest BCUT2D eigenvalue weighted by Gasteiger charge is 2.30. The number of rotatable bonds is 5. The highest BCUT2D eigenvalue weighted by molar-refractivity contribution is 7.89. The number of methoxy groups -OCH3 is 1. The zero-order chi connectivity index (χ0) is 15.6. The van der Waals surface area contributed by atoms with E-state index in [9.17, 15) is 13.2 Å². The minimum Gasteiger partial charge on any atom is -0.465 e. The van der Waals surface area contributed by atoms with Gasteiger partial charge in [0, 0.05) is 25.4 Å². The molecular formula is C12H15N3O4S2. The molecule has 7 nitrogen and oxygen atoms in total. The van der Waals surface area contributed by atoms with Gasteiger partial charge in [-0.3, -0.25) is 5.10 Å². The summed E-state index contributed by atoms with van der Waals surface area (Å²) in [5, 5.41) is 8.04. The van der Waals surface area contributed by atoms with Crippen LogP contribution in [0.15, 0.2) is 22.7 Å².